The van der Waals surface area contributed by atoms with Crippen molar-refractivity contribution in [3.05, 3.63) is 0 Å². The van der Waals surface area contributed by atoms with Gasteiger partial charge in [-0.1, -0.05) is 0 Å². The Hall–Kier alpha value is -0.190. The summed E-state index contributed by atoms with van der Waals surface area (Å²) in [4.78, 5) is 9.61. The molecule has 0 spiro atoms. The van der Waals surface area contributed by atoms with Crippen LogP contribution in [-0.4, -0.2) is 33.0 Å². The molecule has 0 aromatic heterocycles. The zero-order chi connectivity index (χ0) is 8.86. The Morgan fingerprint density at radius 3 is 2.83 bits per heavy atom. The first-order valence-electron chi connectivity index (χ1n) is 4.34. The molecule has 1 aliphatic rings. The molecule has 72 valence electrons. The van der Waals surface area contributed by atoms with Crippen molar-refractivity contribution >= 4 is 0 Å². The molecule has 1 atom stereocenters. The zero-order valence-electron chi connectivity index (χ0n) is 7.44. The van der Waals surface area contributed by atoms with Gasteiger partial charge in [0.15, 0.2) is 0 Å². The first-order valence-corrected chi connectivity index (χ1v) is 4.34. The minimum Gasteiger partial charge on any atom is -0.316 e. The van der Waals surface area contributed by atoms with Crippen LogP contribution in [-0.2, 0) is 9.78 Å². The van der Waals surface area contributed by atoms with E-state index in [1.54, 1.807) is 0 Å². The lowest BCUT2D eigenvalue weighted by atomic mass is 9.90. The number of halogens is 1. The Morgan fingerprint density at radius 1 is 1.50 bits per heavy atom. The summed E-state index contributed by atoms with van der Waals surface area (Å²) >= 11 is 0. The van der Waals surface area contributed by atoms with Crippen LogP contribution >= 0.6 is 0 Å². The van der Waals surface area contributed by atoms with E-state index in [0.717, 1.165) is 13.0 Å². The third-order valence-electron chi connectivity index (χ3n) is 2.18. The van der Waals surface area contributed by atoms with Gasteiger partial charge >= 0.3 is 0 Å². The van der Waals surface area contributed by atoms with Gasteiger partial charge in [0.05, 0.1) is 19.9 Å². The van der Waals surface area contributed by atoms with Crippen LogP contribution in [0.5, 0.6) is 0 Å². The second-order valence-corrected chi connectivity index (χ2v) is 3.23. The lowest BCUT2D eigenvalue weighted by Gasteiger charge is -2.22. The molecule has 1 aliphatic heterocycles. The van der Waals surface area contributed by atoms with Crippen molar-refractivity contribution in [2.24, 2.45) is 5.41 Å². The largest absolute Gasteiger partial charge is 0.316 e. The number of nitrogens with one attached hydrogen (secondary N) is 1. The summed E-state index contributed by atoms with van der Waals surface area (Å²) in [6, 6.07) is 0. The molecule has 0 aromatic rings. The van der Waals surface area contributed by atoms with Gasteiger partial charge in [-0.3, -0.25) is 4.39 Å². The fourth-order valence-electron chi connectivity index (χ4n) is 1.32. The van der Waals surface area contributed by atoms with Gasteiger partial charge in [-0.05, 0) is 19.9 Å². The van der Waals surface area contributed by atoms with Crippen LogP contribution in [0.4, 0.5) is 4.39 Å². The summed E-state index contributed by atoms with van der Waals surface area (Å²) in [7, 11) is 0. The van der Waals surface area contributed by atoms with Crippen LogP contribution in [0.25, 0.3) is 0 Å². The monoisotopic (exact) mass is 177 g/mol. The van der Waals surface area contributed by atoms with E-state index in [9.17, 15) is 4.39 Å². The maximum atomic E-state index is 12.6. The third kappa shape index (κ3) is 2.40. The van der Waals surface area contributed by atoms with Crippen LogP contribution in [0.3, 0.4) is 0 Å². The highest BCUT2D eigenvalue weighted by atomic mass is 19.1. The molecule has 1 heterocycles. The SMILES string of the molecule is CCOOCC1(CF)CCNC1. The Balaban J connectivity index is 2.24. The normalized spacial score (nSPS) is 29.5. The molecule has 4 heteroatoms. The van der Waals surface area contributed by atoms with E-state index in [4.69, 9.17) is 9.78 Å². The molecule has 0 bridgehead atoms. The molecule has 1 rings (SSSR count). The van der Waals surface area contributed by atoms with E-state index in [2.05, 4.69) is 5.32 Å². The first kappa shape index (κ1) is 9.89. The Morgan fingerprint density at radius 2 is 2.33 bits per heavy atom. The van der Waals surface area contributed by atoms with Gasteiger partial charge in [-0.2, -0.15) is 0 Å². The smallest absolute Gasteiger partial charge is 0.0986 e. The summed E-state index contributed by atoms with van der Waals surface area (Å²) in [5.74, 6) is 0. The van der Waals surface area contributed by atoms with Gasteiger partial charge in [0, 0.05) is 12.0 Å². The van der Waals surface area contributed by atoms with Gasteiger partial charge in [-0.15, -0.1) is 0 Å². The second-order valence-electron chi connectivity index (χ2n) is 3.23. The average molecular weight is 177 g/mol. The summed E-state index contributed by atoms with van der Waals surface area (Å²) in [5.41, 5.74) is -0.338. The Bertz CT molecular complexity index is 126. The van der Waals surface area contributed by atoms with Crippen molar-refractivity contribution < 1.29 is 14.2 Å². The molecule has 0 radical (unpaired) electrons. The summed E-state index contributed by atoms with van der Waals surface area (Å²) in [6.07, 6.45) is 0.830. The van der Waals surface area contributed by atoms with Crippen molar-refractivity contribution in [3.63, 3.8) is 0 Å². The van der Waals surface area contributed by atoms with Crippen LogP contribution in [0, 0.1) is 5.41 Å². The van der Waals surface area contributed by atoms with Gasteiger partial charge in [0.1, 0.15) is 0 Å². The first-order chi connectivity index (χ1) is 5.83. The maximum Gasteiger partial charge on any atom is 0.0986 e. The summed E-state index contributed by atoms with van der Waals surface area (Å²) in [5, 5.41) is 3.12. The van der Waals surface area contributed by atoms with Gasteiger partial charge in [0.2, 0.25) is 0 Å². The van der Waals surface area contributed by atoms with E-state index >= 15 is 0 Å². The lowest BCUT2D eigenvalue weighted by Crippen LogP contribution is -2.31. The molecule has 3 nitrogen and oxygen atoms in total. The fraction of sp³-hybridized carbons (Fsp3) is 1.00. The fourth-order valence-corrected chi connectivity index (χ4v) is 1.32. The molecule has 0 saturated carbocycles. The topological polar surface area (TPSA) is 30.5 Å². The van der Waals surface area contributed by atoms with Crippen LogP contribution in [0.15, 0.2) is 0 Å². The molecular weight excluding hydrogens is 161 g/mol. The quantitative estimate of drug-likeness (QED) is 0.384. The maximum absolute atomic E-state index is 12.6. The molecular formula is C8H16FNO2. The molecule has 1 N–H and O–H groups in total. The lowest BCUT2D eigenvalue weighted by molar-refractivity contribution is -0.306. The highest BCUT2D eigenvalue weighted by Gasteiger charge is 2.34. The van der Waals surface area contributed by atoms with Gasteiger partial charge in [0.25, 0.3) is 0 Å². The molecule has 0 aromatic carbocycles. The van der Waals surface area contributed by atoms with Crippen LogP contribution in [0.1, 0.15) is 13.3 Å². The van der Waals surface area contributed by atoms with Crippen molar-refractivity contribution in [1.82, 2.24) is 5.32 Å². The van der Waals surface area contributed by atoms with Crippen molar-refractivity contribution in [3.8, 4) is 0 Å². The molecule has 0 aliphatic carbocycles. The highest BCUT2D eigenvalue weighted by molar-refractivity contribution is 4.86. The summed E-state index contributed by atoms with van der Waals surface area (Å²) < 4.78 is 12.6. The van der Waals surface area contributed by atoms with E-state index in [1.807, 2.05) is 6.92 Å². The van der Waals surface area contributed by atoms with Crippen LogP contribution in [0.2, 0.25) is 0 Å². The average Bonchev–Trinajstić information content (AvgIpc) is 2.55. The second kappa shape index (κ2) is 4.74. The predicted molar refractivity (Wildman–Crippen MR) is 43.5 cm³/mol. The van der Waals surface area contributed by atoms with E-state index in [-0.39, 0.29) is 12.1 Å². The molecule has 12 heavy (non-hydrogen) atoms. The van der Waals surface area contributed by atoms with Gasteiger partial charge < -0.3 is 5.32 Å². The Labute approximate surface area is 72.2 Å². The third-order valence-corrected chi connectivity index (χ3v) is 2.18. The standard InChI is InChI=1S/C8H16FNO2/c1-2-11-12-7-8(5-9)3-4-10-6-8/h10H,2-7H2,1H3. The van der Waals surface area contributed by atoms with Crippen molar-refractivity contribution in [2.45, 2.75) is 13.3 Å². The number of hydrogen-bond donors (Lipinski definition) is 1. The van der Waals surface area contributed by atoms with Gasteiger partial charge in [-0.25, -0.2) is 9.78 Å². The predicted octanol–water partition coefficient (Wildman–Crippen LogP) is 0.904. The number of rotatable bonds is 5. The van der Waals surface area contributed by atoms with Crippen LogP contribution < -0.4 is 5.32 Å². The molecule has 1 unspecified atom stereocenters. The summed E-state index contributed by atoms with van der Waals surface area (Å²) in [6.45, 7) is 3.93. The van der Waals surface area contributed by atoms with Crippen molar-refractivity contribution in [2.75, 3.05) is 33.0 Å². The number of alkyl halides is 1. The number of hydrogen-bond acceptors (Lipinski definition) is 3. The Kier molecular flexibility index (Phi) is 3.91. The molecule has 1 fully saturated rings. The minimum atomic E-state index is -0.340. The van der Waals surface area contributed by atoms with E-state index < -0.39 is 0 Å². The zero-order valence-corrected chi connectivity index (χ0v) is 7.44. The highest BCUT2D eigenvalue weighted by Crippen LogP contribution is 2.26. The van der Waals surface area contributed by atoms with E-state index in [0.29, 0.717) is 19.8 Å². The van der Waals surface area contributed by atoms with E-state index in [1.165, 1.54) is 0 Å². The van der Waals surface area contributed by atoms with Crippen molar-refractivity contribution in [1.29, 1.82) is 0 Å². The molecule has 0 amide bonds. The minimum absolute atomic E-state index is 0.338. The molecule has 1 saturated heterocycles.